The molecule has 0 saturated heterocycles. The maximum atomic E-state index is 12.8. The average Bonchev–Trinajstić information content (AvgIpc) is 3.17. The molecule has 1 heterocycles. The number of anilines is 1. The van der Waals surface area contributed by atoms with Crippen LogP contribution in [0.5, 0.6) is 11.5 Å². The lowest BCUT2D eigenvalue weighted by Gasteiger charge is -2.22. The van der Waals surface area contributed by atoms with Gasteiger partial charge < -0.3 is 24.6 Å². The Morgan fingerprint density at radius 3 is 2.50 bits per heavy atom. The molecular weight excluding hydrogens is 406 g/mol. The van der Waals surface area contributed by atoms with Gasteiger partial charge in [0.25, 0.3) is 0 Å². The number of hydrogen-bond acceptors (Lipinski definition) is 7. The van der Waals surface area contributed by atoms with E-state index in [0.29, 0.717) is 55.9 Å². The van der Waals surface area contributed by atoms with Gasteiger partial charge in [0, 0.05) is 56.5 Å². The largest absolute Gasteiger partial charge is 0.508 e. The number of carbonyl (C=O) groups is 1. The van der Waals surface area contributed by atoms with E-state index in [0.717, 1.165) is 19.3 Å². The second-order valence-electron chi connectivity index (χ2n) is 6.61. The maximum absolute atomic E-state index is 12.8. The molecular formula is C21H31N3O5S. The minimum atomic E-state index is -0.210. The van der Waals surface area contributed by atoms with Crippen LogP contribution >= 0.6 is 11.3 Å². The van der Waals surface area contributed by atoms with E-state index in [4.69, 9.17) is 9.47 Å². The van der Waals surface area contributed by atoms with Gasteiger partial charge in [-0.15, -0.1) is 11.3 Å². The number of rotatable bonds is 13. The van der Waals surface area contributed by atoms with E-state index in [2.05, 4.69) is 10.3 Å². The highest BCUT2D eigenvalue weighted by atomic mass is 32.1. The Morgan fingerprint density at radius 1 is 1.10 bits per heavy atom. The number of nitrogens with zero attached hydrogens (tertiary/aromatic N) is 2. The second-order valence-corrected chi connectivity index (χ2v) is 7.47. The van der Waals surface area contributed by atoms with Crippen molar-refractivity contribution in [3.63, 3.8) is 0 Å². The first-order valence-corrected chi connectivity index (χ1v) is 11.1. The predicted octanol–water partition coefficient (Wildman–Crippen LogP) is 4.30. The normalized spacial score (nSPS) is 10.9. The van der Waals surface area contributed by atoms with Gasteiger partial charge in [0.15, 0.2) is 5.13 Å². The molecule has 0 atom stereocenters. The van der Waals surface area contributed by atoms with Crippen molar-refractivity contribution in [2.24, 2.45) is 0 Å². The molecule has 0 fully saturated rings. The highest BCUT2D eigenvalue weighted by Crippen LogP contribution is 2.33. The standard InChI is InChI=1S/C21H31N3O5S/c1-3-28-12-6-5-10-24(11-7-13-29-4-2)21(27)23-20-22-18(15-30-20)17-9-8-16(25)14-19(17)26/h8-9,14-15,25-26H,3-7,10-13H2,1-2H3,(H,22,23,27). The van der Waals surface area contributed by atoms with Crippen molar-refractivity contribution in [1.29, 1.82) is 0 Å². The molecule has 1 aromatic carbocycles. The number of carbonyl (C=O) groups excluding carboxylic acids is 1. The number of nitrogens with one attached hydrogen (secondary N) is 1. The van der Waals surface area contributed by atoms with Gasteiger partial charge in [-0.2, -0.15) is 0 Å². The molecule has 1 aromatic heterocycles. The van der Waals surface area contributed by atoms with Gasteiger partial charge in [0.1, 0.15) is 11.5 Å². The van der Waals surface area contributed by atoms with Crippen molar-refractivity contribution < 1.29 is 24.5 Å². The van der Waals surface area contributed by atoms with Crippen molar-refractivity contribution in [1.82, 2.24) is 9.88 Å². The summed E-state index contributed by atoms with van der Waals surface area (Å²) in [7, 11) is 0. The van der Waals surface area contributed by atoms with E-state index in [1.807, 2.05) is 13.8 Å². The van der Waals surface area contributed by atoms with Crippen molar-refractivity contribution in [3.8, 4) is 22.8 Å². The molecule has 2 rings (SSSR count). The lowest BCUT2D eigenvalue weighted by atomic mass is 10.1. The number of ether oxygens (including phenoxy) is 2. The predicted molar refractivity (Wildman–Crippen MR) is 118 cm³/mol. The van der Waals surface area contributed by atoms with Crippen LogP contribution in [0.1, 0.15) is 33.1 Å². The van der Waals surface area contributed by atoms with Crippen LogP contribution in [0.2, 0.25) is 0 Å². The molecule has 0 bridgehead atoms. The summed E-state index contributed by atoms with van der Waals surface area (Å²) in [4.78, 5) is 18.9. The smallest absolute Gasteiger partial charge is 0.323 e. The fraction of sp³-hybridized carbons (Fsp3) is 0.524. The van der Waals surface area contributed by atoms with Gasteiger partial charge in [-0.25, -0.2) is 9.78 Å². The van der Waals surface area contributed by atoms with Crippen LogP contribution in [0.25, 0.3) is 11.3 Å². The summed E-state index contributed by atoms with van der Waals surface area (Å²) in [6, 6.07) is 4.12. The molecule has 0 spiro atoms. The Morgan fingerprint density at radius 2 is 1.80 bits per heavy atom. The maximum Gasteiger partial charge on any atom is 0.323 e. The van der Waals surface area contributed by atoms with Crippen molar-refractivity contribution in [3.05, 3.63) is 23.6 Å². The zero-order valence-electron chi connectivity index (χ0n) is 17.6. The molecule has 0 radical (unpaired) electrons. The first kappa shape index (κ1) is 23.9. The fourth-order valence-corrected chi connectivity index (χ4v) is 3.53. The number of hydrogen-bond donors (Lipinski definition) is 3. The summed E-state index contributed by atoms with van der Waals surface area (Å²) < 4.78 is 10.7. The van der Waals surface area contributed by atoms with Crippen LogP contribution in [-0.2, 0) is 9.47 Å². The number of amides is 2. The van der Waals surface area contributed by atoms with E-state index < -0.39 is 0 Å². The van der Waals surface area contributed by atoms with Gasteiger partial charge in [-0.1, -0.05) is 0 Å². The molecule has 3 N–H and O–H groups in total. The third-order valence-electron chi connectivity index (χ3n) is 4.35. The van der Waals surface area contributed by atoms with Crippen molar-refractivity contribution in [2.45, 2.75) is 33.1 Å². The summed E-state index contributed by atoms with van der Waals surface area (Å²) in [5.41, 5.74) is 1.03. The topological polar surface area (TPSA) is 104 Å². The molecule has 2 aromatic rings. The van der Waals surface area contributed by atoms with Crippen LogP contribution in [0.3, 0.4) is 0 Å². The monoisotopic (exact) mass is 437 g/mol. The lowest BCUT2D eigenvalue weighted by Crippen LogP contribution is -2.37. The Kier molecular flexibility index (Phi) is 10.4. The number of urea groups is 1. The number of thiazole rings is 1. The molecule has 0 unspecified atom stereocenters. The van der Waals surface area contributed by atoms with E-state index in [-0.39, 0.29) is 17.5 Å². The summed E-state index contributed by atoms with van der Waals surface area (Å²) in [5.74, 6) is -0.0861. The first-order valence-electron chi connectivity index (χ1n) is 10.2. The van der Waals surface area contributed by atoms with Crippen LogP contribution in [0.15, 0.2) is 23.6 Å². The molecule has 0 aliphatic heterocycles. The quantitative estimate of drug-likeness (QED) is 0.404. The summed E-state index contributed by atoms with van der Waals surface area (Å²) in [5, 5.41) is 24.5. The Bertz CT molecular complexity index is 784. The zero-order valence-corrected chi connectivity index (χ0v) is 18.4. The van der Waals surface area contributed by atoms with Gasteiger partial charge in [0.05, 0.1) is 5.69 Å². The minimum absolute atomic E-state index is 0.0213. The van der Waals surface area contributed by atoms with Gasteiger partial charge in [-0.3, -0.25) is 5.32 Å². The zero-order chi connectivity index (χ0) is 21.8. The average molecular weight is 438 g/mol. The SMILES string of the molecule is CCOCCCCN(CCCOCC)C(=O)Nc1nc(-c2ccc(O)cc2O)cs1. The summed E-state index contributed by atoms with van der Waals surface area (Å²) in [6.07, 6.45) is 2.51. The van der Waals surface area contributed by atoms with E-state index in [1.165, 1.54) is 23.5 Å². The van der Waals surface area contributed by atoms with E-state index >= 15 is 0 Å². The number of benzene rings is 1. The van der Waals surface area contributed by atoms with Crippen molar-refractivity contribution in [2.75, 3.05) is 44.8 Å². The highest BCUT2D eigenvalue weighted by molar-refractivity contribution is 7.14. The molecule has 9 heteroatoms. The first-order chi connectivity index (χ1) is 14.5. The van der Waals surface area contributed by atoms with Gasteiger partial charge >= 0.3 is 6.03 Å². The summed E-state index contributed by atoms with van der Waals surface area (Å²) in [6.45, 7) is 7.79. The molecule has 30 heavy (non-hydrogen) atoms. The number of unbranched alkanes of at least 4 members (excludes halogenated alkanes) is 1. The fourth-order valence-electron chi connectivity index (χ4n) is 2.83. The van der Waals surface area contributed by atoms with Crippen LogP contribution < -0.4 is 5.32 Å². The lowest BCUT2D eigenvalue weighted by molar-refractivity contribution is 0.130. The van der Waals surface area contributed by atoms with Crippen LogP contribution in [-0.4, -0.2) is 65.6 Å². The third-order valence-corrected chi connectivity index (χ3v) is 5.11. The Balaban J connectivity index is 1.96. The molecule has 2 amide bonds. The molecule has 0 aliphatic rings. The molecule has 166 valence electrons. The molecule has 0 aliphatic carbocycles. The summed E-state index contributed by atoms with van der Waals surface area (Å²) >= 11 is 1.28. The van der Waals surface area contributed by atoms with Gasteiger partial charge in [0.2, 0.25) is 0 Å². The van der Waals surface area contributed by atoms with Crippen molar-refractivity contribution >= 4 is 22.5 Å². The van der Waals surface area contributed by atoms with Crippen LogP contribution in [0, 0.1) is 0 Å². The Hall–Kier alpha value is -2.36. The number of phenols is 2. The molecule has 8 nitrogen and oxygen atoms in total. The number of aromatic nitrogens is 1. The minimum Gasteiger partial charge on any atom is -0.508 e. The van der Waals surface area contributed by atoms with E-state index in [1.54, 1.807) is 16.3 Å². The Labute approximate surface area is 181 Å². The second kappa shape index (κ2) is 13.0. The molecule has 0 saturated carbocycles. The van der Waals surface area contributed by atoms with E-state index in [9.17, 15) is 15.0 Å². The number of phenolic OH excluding ortho intramolecular Hbond substituents is 2. The van der Waals surface area contributed by atoms with Gasteiger partial charge in [-0.05, 0) is 45.2 Å². The highest BCUT2D eigenvalue weighted by Gasteiger charge is 2.16. The number of aromatic hydroxyl groups is 2. The third kappa shape index (κ3) is 7.81. The van der Waals surface area contributed by atoms with Crippen LogP contribution in [0.4, 0.5) is 9.93 Å².